The van der Waals surface area contributed by atoms with Crippen LogP contribution in [0.3, 0.4) is 0 Å². The molecule has 0 bridgehead atoms. The second kappa shape index (κ2) is 20.7. The number of fused-ring (bicyclic) bond motifs is 4. The van der Waals surface area contributed by atoms with Gasteiger partial charge in [-0.05, 0) is 94.8 Å². The molecule has 357 valence electrons. The van der Waals surface area contributed by atoms with E-state index in [-0.39, 0.29) is 37.4 Å². The number of benzene rings is 5. The predicted molar refractivity (Wildman–Crippen MR) is 289 cm³/mol. The molecule has 1 aliphatic rings. The van der Waals surface area contributed by atoms with Crippen molar-refractivity contribution in [3.05, 3.63) is 162 Å². The molecular formula is C62H68GeIrN4O-2. The Kier molecular flexibility index (Phi) is 15.1. The molecule has 0 amide bonds. The summed E-state index contributed by atoms with van der Waals surface area (Å²) in [6.45, 7) is 18.0. The van der Waals surface area contributed by atoms with E-state index in [1.165, 1.54) is 65.6 Å². The molecule has 0 unspecified atom stereocenters. The number of aryl methyl sites for hydroxylation is 1. The van der Waals surface area contributed by atoms with E-state index in [0.717, 1.165) is 68.1 Å². The molecule has 4 heterocycles. The molecular weight excluding hydrogens is 1080 g/mol. The maximum absolute atomic E-state index is 6.64. The minimum absolute atomic E-state index is 0. The van der Waals surface area contributed by atoms with Gasteiger partial charge in [0.2, 0.25) is 5.71 Å². The van der Waals surface area contributed by atoms with Crippen molar-refractivity contribution in [3.63, 3.8) is 0 Å². The van der Waals surface area contributed by atoms with Crippen LogP contribution in [0.1, 0.15) is 114 Å². The average Bonchev–Trinajstić information content (AvgIpc) is 4.05. The molecule has 1 saturated carbocycles. The predicted octanol–water partition coefficient (Wildman–Crippen LogP) is 16.4. The molecule has 5 aromatic carbocycles. The van der Waals surface area contributed by atoms with Crippen LogP contribution in [-0.2, 0) is 32.9 Å². The molecule has 0 aliphatic heterocycles. The van der Waals surface area contributed by atoms with E-state index in [4.69, 9.17) is 19.4 Å². The smallest absolute Gasteiger partial charge is 0 e. The molecule has 1 aliphatic carbocycles. The molecule has 7 heteroatoms. The van der Waals surface area contributed by atoms with Crippen molar-refractivity contribution in [3.8, 4) is 39.5 Å². The Labute approximate surface area is 427 Å². The normalized spacial score (nSPS) is 13.4. The van der Waals surface area contributed by atoms with Crippen LogP contribution in [0.15, 0.2) is 126 Å². The summed E-state index contributed by atoms with van der Waals surface area (Å²) in [6.07, 6.45) is 9.96. The summed E-state index contributed by atoms with van der Waals surface area (Å²) in [6, 6.07) is 47.8. The molecule has 4 aromatic heterocycles. The summed E-state index contributed by atoms with van der Waals surface area (Å²) in [7, 11) is 0. The maximum Gasteiger partial charge on any atom is 0 e. The molecule has 10 rings (SSSR count). The van der Waals surface area contributed by atoms with Gasteiger partial charge >= 0.3 is 137 Å². The summed E-state index contributed by atoms with van der Waals surface area (Å²) < 4.78 is 10.6. The molecule has 5 nitrogen and oxygen atoms in total. The van der Waals surface area contributed by atoms with E-state index < -0.39 is 13.3 Å². The van der Waals surface area contributed by atoms with E-state index in [1.54, 1.807) is 9.96 Å². The van der Waals surface area contributed by atoms with Crippen LogP contribution in [0.4, 0.5) is 0 Å². The van der Waals surface area contributed by atoms with Crippen LogP contribution in [0.2, 0.25) is 17.3 Å². The van der Waals surface area contributed by atoms with Crippen molar-refractivity contribution in [1.29, 1.82) is 0 Å². The largest absolute Gasteiger partial charge is 0 e. The minimum Gasteiger partial charge on any atom is 0 e. The van der Waals surface area contributed by atoms with Gasteiger partial charge in [-0.15, -0.1) is 18.2 Å². The van der Waals surface area contributed by atoms with Crippen LogP contribution in [-0.4, -0.2) is 32.8 Å². The third kappa shape index (κ3) is 10.9. The van der Waals surface area contributed by atoms with Gasteiger partial charge < -0.3 is 8.98 Å². The Hall–Kier alpha value is -5.14. The number of furan rings is 1. The number of pyridine rings is 2. The van der Waals surface area contributed by atoms with Crippen LogP contribution >= 0.6 is 0 Å². The van der Waals surface area contributed by atoms with Crippen molar-refractivity contribution in [2.24, 2.45) is 11.3 Å². The number of imidazole rings is 1. The van der Waals surface area contributed by atoms with Crippen molar-refractivity contribution in [2.75, 3.05) is 0 Å². The Morgan fingerprint density at radius 2 is 1.46 bits per heavy atom. The van der Waals surface area contributed by atoms with E-state index >= 15 is 0 Å². The van der Waals surface area contributed by atoms with E-state index in [1.807, 2.05) is 18.2 Å². The van der Waals surface area contributed by atoms with Gasteiger partial charge in [0.25, 0.3) is 0 Å². The second-order valence-electron chi connectivity index (χ2n) is 22.1. The van der Waals surface area contributed by atoms with Crippen molar-refractivity contribution in [2.45, 2.75) is 123 Å². The van der Waals surface area contributed by atoms with Gasteiger partial charge in [-0.2, -0.15) is 0 Å². The summed E-state index contributed by atoms with van der Waals surface area (Å²) in [5.74, 6) is 9.71. The molecule has 0 atom stereocenters. The van der Waals surface area contributed by atoms with Crippen LogP contribution in [0.25, 0.3) is 72.6 Å². The Morgan fingerprint density at radius 3 is 2.12 bits per heavy atom. The number of aromatic nitrogens is 4. The quantitative estimate of drug-likeness (QED) is 0.101. The average molecular weight is 1150 g/mol. The van der Waals surface area contributed by atoms with Gasteiger partial charge in [0, 0.05) is 36.9 Å². The third-order valence-electron chi connectivity index (χ3n) is 13.6. The van der Waals surface area contributed by atoms with Crippen LogP contribution < -0.4 is 4.40 Å². The first-order valence-corrected chi connectivity index (χ1v) is 32.3. The summed E-state index contributed by atoms with van der Waals surface area (Å²) in [4.78, 5) is 15.1. The number of rotatable bonds is 10. The Morgan fingerprint density at radius 1 is 0.754 bits per heavy atom. The molecule has 1 fully saturated rings. The molecule has 0 saturated heterocycles. The van der Waals surface area contributed by atoms with Crippen molar-refractivity contribution in [1.82, 2.24) is 19.5 Å². The van der Waals surface area contributed by atoms with Crippen molar-refractivity contribution < 1.29 is 24.5 Å². The monoisotopic (exact) mass is 1150 g/mol. The first-order chi connectivity index (χ1) is 32.5. The number of hydrogen-bond acceptors (Lipinski definition) is 4. The van der Waals surface area contributed by atoms with Gasteiger partial charge in [-0.25, -0.2) is 4.98 Å². The summed E-state index contributed by atoms with van der Waals surface area (Å²) in [5, 5.41) is 2.04. The van der Waals surface area contributed by atoms with Gasteiger partial charge in [0.1, 0.15) is 0 Å². The molecule has 0 spiro atoms. The fourth-order valence-corrected chi connectivity index (χ4v) is 13.6. The first kappa shape index (κ1) is 50.3. The Bertz CT molecular complexity index is 3190. The molecule has 9 aromatic rings. The van der Waals surface area contributed by atoms with Gasteiger partial charge in [0.15, 0.2) is 0 Å². The van der Waals surface area contributed by atoms with Crippen LogP contribution in [0.5, 0.6) is 0 Å². The van der Waals surface area contributed by atoms with E-state index in [0.29, 0.717) is 5.71 Å². The van der Waals surface area contributed by atoms with Gasteiger partial charge in [0.05, 0.1) is 22.4 Å². The zero-order valence-corrected chi connectivity index (χ0v) is 47.0. The van der Waals surface area contributed by atoms with Crippen molar-refractivity contribution >= 4 is 50.8 Å². The second-order valence-corrected chi connectivity index (χ2v) is 32.7. The summed E-state index contributed by atoms with van der Waals surface area (Å²) >= 11 is -1.87. The standard InChI is InChI=1S/C42H42N3O.C20H26GeN.Ir/c1-25(2)34-22-29(28-13-10-9-11-14-28)23-35(26(3)4)38(34)45-37-20-17-27(5)21-36(37)44-40(45)33-16-12-15-31-32-19-18-30(24-42(6,7)8)43-41(32)46-39(31)33;1-21(2,3)19-15-22-20(17-11-5-4-6-12-17)14-18(19)13-16-9-7-8-10-16;/h9-15,17-23,25-26H,24H2,1-8H3;4-6,11,14-16H,7-10,13H2,1-3H3;/q2*-1;. The molecule has 0 N–H and O–H groups in total. The third-order valence-corrected chi connectivity index (χ3v) is 17.9. The van der Waals surface area contributed by atoms with Crippen LogP contribution in [0, 0.1) is 30.4 Å². The number of nitrogens with zero attached hydrogens (tertiary/aromatic N) is 4. The zero-order chi connectivity index (χ0) is 47.9. The number of hydrogen-bond donors (Lipinski definition) is 0. The fourth-order valence-electron chi connectivity index (χ4n) is 10.2. The topological polar surface area (TPSA) is 56.7 Å². The SMILES string of the molecule is Cc1ccc2c(c1)nc(-c1[c-]ccc3c1oc1nc(CC(C)(C)C)ccc13)n2-c1c(C(C)C)cc(-c2ccccc2)cc1C(C)C.[CH3][Ge]([CH3])([CH3])[c]1cnc(-c2[c-]cccc2)cc1CC1CCCC1.[Ir]. The van der Waals surface area contributed by atoms with Gasteiger partial charge in [-0.1, -0.05) is 95.8 Å². The minimum atomic E-state index is -1.87. The molecule has 69 heavy (non-hydrogen) atoms. The molecule has 1 radical (unpaired) electrons. The first-order valence-electron chi connectivity index (χ1n) is 24.9. The van der Waals surface area contributed by atoms with E-state index in [2.05, 4.69) is 193 Å². The van der Waals surface area contributed by atoms with E-state index in [9.17, 15) is 0 Å². The Balaban J connectivity index is 0.000000234. The summed E-state index contributed by atoms with van der Waals surface area (Å²) in [5.41, 5.74) is 16.7. The zero-order valence-electron chi connectivity index (χ0n) is 42.6. The van der Waals surface area contributed by atoms with Gasteiger partial charge in [-0.3, -0.25) is 4.98 Å². The fraction of sp³-hybridized carbons (Fsp3) is 0.339. The maximum atomic E-state index is 6.64.